The summed E-state index contributed by atoms with van der Waals surface area (Å²) in [6, 6.07) is 4.95. The van der Waals surface area contributed by atoms with Crippen LogP contribution in [0, 0.1) is 0 Å². The molecule has 17 heavy (non-hydrogen) atoms. The summed E-state index contributed by atoms with van der Waals surface area (Å²) in [6.45, 7) is 3.13. The Bertz CT molecular complexity index is 401. The van der Waals surface area contributed by atoms with E-state index in [1.807, 2.05) is 0 Å². The number of carbonyl (C=O) groups excluding carboxylic acids is 1. The first-order chi connectivity index (χ1) is 7.79. The fourth-order valence-corrected chi connectivity index (χ4v) is 1.63. The largest absolute Gasteiger partial charge is 0.416 e. The molecule has 0 aliphatic rings. The number of rotatable bonds is 3. The second-order valence-corrected chi connectivity index (χ2v) is 4.00. The van der Waals surface area contributed by atoms with Crippen molar-refractivity contribution in [3.63, 3.8) is 0 Å². The third-order valence-electron chi connectivity index (χ3n) is 2.25. The summed E-state index contributed by atoms with van der Waals surface area (Å²) >= 11 is 0. The number of hydrogen-bond donors (Lipinski definition) is 1. The molecular weight excluding hydrogens is 231 g/mol. The van der Waals surface area contributed by atoms with E-state index in [1.165, 1.54) is 13.0 Å². The Balaban J connectivity index is 2.76. The van der Waals surface area contributed by atoms with E-state index in [0.717, 1.165) is 12.1 Å². The molecule has 1 N–H and O–H groups in total. The summed E-state index contributed by atoms with van der Waals surface area (Å²) in [7, 11) is 0. The zero-order valence-corrected chi connectivity index (χ0v) is 9.64. The minimum absolute atomic E-state index is 0.184. The lowest BCUT2D eigenvalue weighted by Crippen LogP contribution is -2.32. The summed E-state index contributed by atoms with van der Waals surface area (Å²) in [5.74, 6) is -0.190. The fraction of sp³-hybridized carbons (Fsp3) is 0.417. The molecule has 0 heterocycles. The van der Waals surface area contributed by atoms with Crippen molar-refractivity contribution in [2.75, 3.05) is 0 Å². The van der Waals surface area contributed by atoms with E-state index in [1.54, 1.807) is 13.0 Å². The number of alkyl halides is 3. The number of carbonyl (C=O) groups is 1. The Morgan fingerprint density at radius 3 is 2.59 bits per heavy atom. The molecule has 1 aromatic rings. The van der Waals surface area contributed by atoms with Gasteiger partial charge in [-0.15, -0.1) is 0 Å². The lowest BCUT2D eigenvalue weighted by atomic mass is 10.0. The molecule has 1 atom stereocenters. The molecule has 0 aliphatic heterocycles. The predicted molar refractivity (Wildman–Crippen MR) is 58.4 cm³/mol. The molecule has 94 valence electrons. The van der Waals surface area contributed by atoms with Gasteiger partial charge in [0, 0.05) is 13.0 Å². The highest BCUT2D eigenvalue weighted by molar-refractivity contribution is 5.73. The highest BCUT2D eigenvalue weighted by Gasteiger charge is 2.30. The number of benzene rings is 1. The molecule has 0 radical (unpaired) electrons. The monoisotopic (exact) mass is 245 g/mol. The fourth-order valence-electron chi connectivity index (χ4n) is 1.63. The molecule has 0 aromatic heterocycles. The van der Waals surface area contributed by atoms with Crippen LogP contribution >= 0.6 is 0 Å². The van der Waals surface area contributed by atoms with Crippen molar-refractivity contribution in [1.82, 2.24) is 5.32 Å². The van der Waals surface area contributed by atoms with Crippen LogP contribution in [0.5, 0.6) is 0 Å². The number of hydrogen-bond acceptors (Lipinski definition) is 1. The van der Waals surface area contributed by atoms with Gasteiger partial charge in [-0.2, -0.15) is 13.2 Å². The minimum atomic E-state index is -4.33. The average Bonchev–Trinajstić information content (AvgIpc) is 2.15. The lowest BCUT2D eigenvalue weighted by Gasteiger charge is -2.14. The molecule has 0 fully saturated rings. The van der Waals surface area contributed by atoms with Gasteiger partial charge in [0.15, 0.2) is 0 Å². The third kappa shape index (κ3) is 4.46. The van der Waals surface area contributed by atoms with Gasteiger partial charge in [-0.05, 0) is 25.0 Å². The van der Waals surface area contributed by atoms with Gasteiger partial charge in [0.2, 0.25) is 5.91 Å². The molecule has 1 aromatic carbocycles. The second kappa shape index (κ2) is 5.21. The van der Waals surface area contributed by atoms with Gasteiger partial charge in [-0.1, -0.05) is 18.2 Å². The van der Waals surface area contributed by atoms with Gasteiger partial charge in [-0.25, -0.2) is 0 Å². The topological polar surface area (TPSA) is 29.1 Å². The molecule has 0 saturated heterocycles. The molecule has 5 heteroatoms. The molecule has 0 bridgehead atoms. The van der Waals surface area contributed by atoms with E-state index in [-0.39, 0.29) is 11.9 Å². The Morgan fingerprint density at radius 1 is 1.41 bits per heavy atom. The summed E-state index contributed by atoms with van der Waals surface area (Å²) in [5, 5.41) is 2.63. The summed E-state index contributed by atoms with van der Waals surface area (Å²) in [4.78, 5) is 10.8. The number of amides is 1. The quantitative estimate of drug-likeness (QED) is 0.871. The van der Waals surface area contributed by atoms with E-state index in [4.69, 9.17) is 0 Å². The highest BCUT2D eigenvalue weighted by atomic mass is 19.4. The van der Waals surface area contributed by atoms with Crippen molar-refractivity contribution in [2.24, 2.45) is 0 Å². The Hall–Kier alpha value is -1.52. The maximum absolute atomic E-state index is 12.4. The average molecular weight is 245 g/mol. The van der Waals surface area contributed by atoms with Gasteiger partial charge >= 0.3 is 6.18 Å². The first kappa shape index (κ1) is 13.5. The van der Waals surface area contributed by atoms with Crippen LogP contribution in [0.25, 0.3) is 0 Å². The smallest absolute Gasteiger partial charge is 0.354 e. The van der Waals surface area contributed by atoms with E-state index < -0.39 is 11.7 Å². The molecule has 0 spiro atoms. The van der Waals surface area contributed by atoms with Crippen molar-refractivity contribution in [3.05, 3.63) is 35.4 Å². The van der Waals surface area contributed by atoms with Crippen molar-refractivity contribution >= 4 is 5.91 Å². The molecule has 0 saturated carbocycles. The zero-order chi connectivity index (χ0) is 13.1. The lowest BCUT2D eigenvalue weighted by molar-refractivity contribution is -0.137. The van der Waals surface area contributed by atoms with Gasteiger partial charge in [0.1, 0.15) is 0 Å². The van der Waals surface area contributed by atoms with Gasteiger partial charge in [-0.3, -0.25) is 4.79 Å². The number of halogens is 3. The summed E-state index contributed by atoms with van der Waals surface area (Å²) in [5.41, 5.74) is -0.105. The van der Waals surface area contributed by atoms with Crippen LogP contribution in [0.15, 0.2) is 24.3 Å². The molecule has 1 amide bonds. The maximum Gasteiger partial charge on any atom is 0.416 e. The third-order valence-corrected chi connectivity index (χ3v) is 2.25. The first-order valence-corrected chi connectivity index (χ1v) is 5.22. The zero-order valence-electron chi connectivity index (χ0n) is 9.64. The van der Waals surface area contributed by atoms with Gasteiger partial charge in [0.05, 0.1) is 5.56 Å². The summed E-state index contributed by atoms with van der Waals surface area (Å²) in [6.07, 6.45) is -3.95. The van der Waals surface area contributed by atoms with Crippen molar-refractivity contribution in [1.29, 1.82) is 0 Å². The Morgan fingerprint density at radius 2 is 2.06 bits per heavy atom. The standard InChI is InChI=1S/C12H14F3NO/c1-8(16-9(2)17)6-10-4-3-5-11(7-10)12(13,14)15/h3-5,7-8H,6H2,1-2H3,(H,16,17)/t8-/m1/s1. The molecule has 0 aliphatic carbocycles. The van der Waals surface area contributed by atoms with E-state index in [9.17, 15) is 18.0 Å². The second-order valence-electron chi connectivity index (χ2n) is 4.00. The summed E-state index contributed by atoms with van der Waals surface area (Å²) < 4.78 is 37.3. The number of nitrogens with one attached hydrogen (secondary N) is 1. The first-order valence-electron chi connectivity index (χ1n) is 5.22. The van der Waals surface area contributed by atoms with Crippen LogP contribution in [-0.4, -0.2) is 11.9 Å². The van der Waals surface area contributed by atoms with Crippen molar-refractivity contribution in [2.45, 2.75) is 32.5 Å². The Labute approximate surface area is 97.8 Å². The molecular formula is C12H14F3NO. The molecule has 0 unspecified atom stereocenters. The van der Waals surface area contributed by atoms with Crippen LogP contribution in [0.1, 0.15) is 25.0 Å². The molecule has 2 nitrogen and oxygen atoms in total. The van der Waals surface area contributed by atoms with Crippen LogP contribution in [0.4, 0.5) is 13.2 Å². The SMILES string of the molecule is CC(=O)N[C@H](C)Cc1cccc(C(F)(F)F)c1. The highest BCUT2D eigenvalue weighted by Crippen LogP contribution is 2.29. The van der Waals surface area contributed by atoms with Crippen molar-refractivity contribution in [3.8, 4) is 0 Å². The van der Waals surface area contributed by atoms with Crippen LogP contribution < -0.4 is 5.32 Å². The van der Waals surface area contributed by atoms with Crippen LogP contribution in [-0.2, 0) is 17.4 Å². The van der Waals surface area contributed by atoms with Crippen molar-refractivity contribution < 1.29 is 18.0 Å². The van der Waals surface area contributed by atoms with E-state index in [2.05, 4.69) is 5.32 Å². The van der Waals surface area contributed by atoms with E-state index >= 15 is 0 Å². The Kier molecular flexibility index (Phi) is 4.15. The minimum Gasteiger partial charge on any atom is -0.354 e. The maximum atomic E-state index is 12.4. The molecule has 1 rings (SSSR count). The van der Waals surface area contributed by atoms with E-state index in [0.29, 0.717) is 12.0 Å². The van der Waals surface area contributed by atoms with Gasteiger partial charge in [0.25, 0.3) is 0 Å². The normalized spacial score (nSPS) is 13.2. The van der Waals surface area contributed by atoms with Crippen LogP contribution in [0.3, 0.4) is 0 Å². The van der Waals surface area contributed by atoms with Gasteiger partial charge < -0.3 is 5.32 Å². The van der Waals surface area contributed by atoms with Crippen LogP contribution in [0.2, 0.25) is 0 Å². The predicted octanol–water partition coefficient (Wildman–Crippen LogP) is 2.77.